The zero-order valence-corrected chi connectivity index (χ0v) is 7.12. The molecule has 0 amide bonds. The van der Waals surface area contributed by atoms with E-state index in [1.807, 2.05) is 6.08 Å². The predicted octanol–water partition coefficient (Wildman–Crippen LogP) is 0.749. The second-order valence-corrected chi connectivity index (χ2v) is 3.11. The van der Waals surface area contributed by atoms with Gasteiger partial charge in [-0.1, -0.05) is 6.08 Å². The van der Waals surface area contributed by atoms with Gasteiger partial charge in [-0.25, -0.2) is 0 Å². The molecule has 0 spiro atoms. The Kier molecular flexibility index (Phi) is 2.89. The van der Waals surface area contributed by atoms with Gasteiger partial charge in [0.15, 0.2) is 0 Å². The molecule has 12 heavy (non-hydrogen) atoms. The molecule has 0 radical (unpaired) electrons. The number of hydrogen-bond acceptors (Lipinski definition) is 3. The fraction of sp³-hybridized carbons (Fsp3) is 0.556. The summed E-state index contributed by atoms with van der Waals surface area (Å²) in [4.78, 5) is 0. The van der Waals surface area contributed by atoms with Gasteiger partial charge >= 0.3 is 0 Å². The summed E-state index contributed by atoms with van der Waals surface area (Å²) < 4.78 is 0. The van der Waals surface area contributed by atoms with Crippen molar-refractivity contribution in [1.82, 2.24) is 0 Å². The lowest BCUT2D eigenvalue weighted by Gasteiger charge is -2.19. The summed E-state index contributed by atoms with van der Waals surface area (Å²) in [6, 6.07) is 0. The minimum absolute atomic E-state index is 0.0445. The number of hydrogen-bond donors (Lipinski definition) is 3. The van der Waals surface area contributed by atoms with E-state index < -0.39 is 0 Å². The topological polar surface area (TPSA) is 60.7 Å². The van der Waals surface area contributed by atoms with Gasteiger partial charge in [-0.15, -0.1) is 0 Å². The van der Waals surface area contributed by atoms with Gasteiger partial charge in [0.25, 0.3) is 0 Å². The molecule has 3 heteroatoms. The van der Waals surface area contributed by atoms with E-state index in [0.717, 1.165) is 5.57 Å². The van der Waals surface area contributed by atoms with E-state index in [0.29, 0.717) is 12.0 Å². The van der Waals surface area contributed by atoms with Gasteiger partial charge in [0, 0.05) is 12.5 Å². The zero-order valence-electron chi connectivity index (χ0n) is 7.12. The number of aliphatic hydroxyl groups is 3. The molecule has 0 saturated carbocycles. The van der Waals surface area contributed by atoms with Crippen LogP contribution in [-0.2, 0) is 0 Å². The smallest absolute Gasteiger partial charge is 0.119 e. The van der Waals surface area contributed by atoms with E-state index in [1.54, 1.807) is 6.92 Å². The summed E-state index contributed by atoms with van der Waals surface area (Å²) in [5.41, 5.74) is 1.36. The van der Waals surface area contributed by atoms with Crippen molar-refractivity contribution in [2.24, 2.45) is 5.92 Å². The summed E-state index contributed by atoms with van der Waals surface area (Å²) >= 11 is 0. The van der Waals surface area contributed by atoms with Crippen LogP contribution in [0.15, 0.2) is 23.0 Å². The SMILES string of the molecule is CC1=CC(CO)CC(CO)=C1O. The maximum atomic E-state index is 9.42. The fourth-order valence-electron chi connectivity index (χ4n) is 1.44. The molecule has 0 saturated heterocycles. The Morgan fingerprint density at radius 3 is 2.67 bits per heavy atom. The van der Waals surface area contributed by atoms with Crippen LogP contribution in [0, 0.1) is 5.92 Å². The quantitative estimate of drug-likeness (QED) is 0.573. The third-order valence-electron chi connectivity index (χ3n) is 2.13. The van der Waals surface area contributed by atoms with Gasteiger partial charge in [0.2, 0.25) is 0 Å². The molecular formula is C9H14O3. The van der Waals surface area contributed by atoms with E-state index in [-0.39, 0.29) is 24.9 Å². The molecule has 0 aromatic rings. The van der Waals surface area contributed by atoms with Gasteiger partial charge in [0.05, 0.1) is 6.61 Å². The lowest BCUT2D eigenvalue weighted by Crippen LogP contribution is -2.13. The summed E-state index contributed by atoms with van der Waals surface area (Å²) in [7, 11) is 0. The van der Waals surface area contributed by atoms with Crippen LogP contribution in [-0.4, -0.2) is 28.5 Å². The van der Waals surface area contributed by atoms with Gasteiger partial charge < -0.3 is 15.3 Å². The summed E-state index contributed by atoms with van der Waals surface area (Å²) in [6.07, 6.45) is 2.38. The minimum atomic E-state index is -0.131. The second kappa shape index (κ2) is 3.74. The molecule has 68 valence electrons. The van der Waals surface area contributed by atoms with Gasteiger partial charge in [0.1, 0.15) is 5.76 Å². The van der Waals surface area contributed by atoms with Crippen LogP contribution in [0.5, 0.6) is 0 Å². The van der Waals surface area contributed by atoms with E-state index in [9.17, 15) is 5.11 Å². The molecule has 0 aliphatic heterocycles. The van der Waals surface area contributed by atoms with Crippen molar-refractivity contribution in [3.63, 3.8) is 0 Å². The van der Waals surface area contributed by atoms with Crippen molar-refractivity contribution in [3.8, 4) is 0 Å². The third-order valence-corrected chi connectivity index (χ3v) is 2.13. The Hall–Kier alpha value is -0.800. The lowest BCUT2D eigenvalue weighted by molar-refractivity contribution is 0.237. The van der Waals surface area contributed by atoms with Crippen LogP contribution < -0.4 is 0 Å². The van der Waals surface area contributed by atoms with Crippen LogP contribution in [0.1, 0.15) is 13.3 Å². The first-order valence-corrected chi connectivity index (χ1v) is 4.00. The second-order valence-electron chi connectivity index (χ2n) is 3.11. The number of rotatable bonds is 2. The number of aliphatic hydroxyl groups excluding tert-OH is 3. The average molecular weight is 170 g/mol. The molecule has 0 heterocycles. The van der Waals surface area contributed by atoms with Crippen LogP contribution in [0.2, 0.25) is 0 Å². The average Bonchev–Trinajstić information content (AvgIpc) is 2.09. The molecule has 1 atom stereocenters. The maximum Gasteiger partial charge on any atom is 0.119 e. The van der Waals surface area contributed by atoms with Crippen molar-refractivity contribution in [2.45, 2.75) is 13.3 Å². The van der Waals surface area contributed by atoms with Crippen molar-refractivity contribution in [2.75, 3.05) is 13.2 Å². The van der Waals surface area contributed by atoms with E-state index in [4.69, 9.17) is 10.2 Å². The molecular weight excluding hydrogens is 156 g/mol. The summed E-state index contributed by atoms with van der Waals surface area (Å²) in [5.74, 6) is 0.227. The molecule has 1 aliphatic rings. The monoisotopic (exact) mass is 170 g/mol. The lowest BCUT2D eigenvalue weighted by atomic mass is 9.90. The Morgan fingerprint density at radius 2 is 2.17 bits per heavy atom. The van der Waals surface area contributed by atoms with Crippen LogP contribution >= 0.6 is 0 Å². The Morgan fingerprint density at radius 1 is 1.50 bits per heavy atom. The van der Waals surface area contributed by atoms with Crippen molar-refractivity contribution >= 4 is 0 Å². The fourth-order valence-corrected chi connectivity index (χ4v) is 1.44. The van der Waals surface area contributed by atoms with E-state index in [1.165, 1.54) is 0 Å². The van der Waals surface area contributed by atoms with Crippen molar-refractivity contribution < 1.29 is 15.3 Å². The molecule has 3 N–H and O–H groups in total. The number of allylic oxidation sites excluding steroid dienone is 1. The molecule has 0 fully saturated rings. The molecule has 1 aliphatic carbocycles. The largest absolute Gasteiger partial charge is 0.508 e. The molecule has 1 rings (SSSR count). The van der Waals surface area contributed by atoms with Crippen LogP contribution in [0.3, 0.4) is 0 Å². The molecule has 0 bridgehead atoms. The van der Waals surface area contributed by atoms with E-state index >= 15 is 0 Å². The van der Waals surface area contributed by atoms with E-state index in [2.05, 4.69) is 0 Å². The van der Waals surface area contributed by atoms with Gasteiger partial charge in [-0.05, 0) is 24.5 Å². The molecule has 0 aromatic heterocycles. The first kappa shape index (κ1) is 9.29. The first-order chi connectivity index (χ1) is 5.69. The summed E-state index contributed by atoms with van der Waals surface area (Å²) in [5, 5.41) is 27.2. The Bertz CT molecular complexity index is 228. The predicted molar refractivity (Wildman–Crippen MR) is 45.7 cm³/mol. The summed E-state index contributed by atoms with van der Waals surface area (Å²) in [6.45, 7) is 1.70. The van der Waals surface area contributed by atoms with Gasteiger partial charge in [-0.2, -0.15) is 0 Å². The van der Waals surface area contributed by atoms with Gasteiger partial charge in [-0.3, -0.25) is 0 Å². The highest BCUT2D eigenvalue weighted by molar-refractivity contribution is 5.33. The maximum absolute atomic E-state index is 9.42. The molecule has 0 aromatic carbocycles. The minimum Gasteiger partial charge on any atom is -0.508 e. The Balaban J connectivity index is 2.85. The molecule has 1 unspecified atom stereocenters. The standard InChI is InChI=1S/C9H14O3/c1-6-2-7(4-10)3-8(5-11)9(6)12/h2,7,10-12H,3-5H2,1H3. The third kappa shape index (κ3) is 1.68. The highest BCUT2D eigenvalue weighted by Gasteiger charge is 2.18. The normalized spacial score (nSPS) is 24.2. The molecule has 3 nitrogen and oxygen atoms in total. The van der Waals surface area contributed by atoms with Crippen LogP contribution in [0.4, 0.5) is 0 Å². The zero-order chi connectivity index (χ0) is 9.14. The first-order valence-electron chi connectivity index (χ1n) is 4.00. The highest BCUT2D eigenvalue weighted by atomic mass is 16.3. The van der Waals surface area contributed by atoms with Crippen molar-refractivity contribution in [3.05, 3.63) is 23.0 Å². The highest BCUT2D eigenvalue weighted by Crippen LogP contribution is 2.26. The van der Waals surface area contributed by atoms with Crippen molar-refractivity contribution in [1.29, 1.82) is 0 Å². The van der Waals surface area contributed by atoms with Crippen LogP contribution in [0.25, 0.3) is 0 Å². The Labute approximate surface area is 71.7 Å².